The molecule has 0 spiro atoms. The van der Waals surface area contributed by atoms with Crippen molar-refractivity contribution in [2.24, 2.45) is 0 Å². The van der Waals surface area contributed by atoms with E-state index in [0.29, 0.717) is 18.8 Å². The Morgan fingerprint density at radius 2 is 1.65 bits per heavy atom. The molecule has 1 unspecified atom stereocenters. The van der Waals surface area contributed by atoms with Crippen molar-refractivity contribution in [2.75, 3.05) is 13.1 Å². The summed E-state index contributed by atoms with van der Waals surface area (Å²) >= 11 is 0. The van der Waals surface area contributed by atoms with E-state index in [0.717, 1.165) is 34.9 Å². The van der Waals surface area contributed by atoms with Crippen LogP contribution in [0.3, 0.4) is 0 Å². The Labute approximate surface area is 181 Å². The van der Waals surface area contributed by atoms with Gasteiger partial charge >= 0.3 is 0 Å². The Morgan fingerprint density at radius 1 is 0.806 bits per heavy atom. The number of rotatable bonds is 9. The van der Waals surface area contributed by atoms with Crippen molar-refractivity contribution in [3.8, 4) is 0 Å². The molecule has 0 saturated carbocycles. The van der Waals surface area contributed by atoms with Gasteiger partial charge in [-0.2, -0.15) is 0 Å². The first-order valence-corrected chi connectivity index (χ1v) is 10.4. The summed E-state index contributed by atoms with van der Waals surface area (Å²) in [6.07, 6.45) is 8.66. The van der Waals surface area contributed by atoms with Gasteiger partial charge in [0.1, 0.15) is 6.04 Å². The first-order valence-electron chi connectivity index (χ1n) is 10.4. The highest BCUT2D eigenvalue weighted by Crippen LogP contribution is 2.17. The number of aromatic nitrogens is 3. The fraction of sp³-hybridized carbons (Fsp3) is 0.200. The standard InChI is InChI=1S/C25H25N5O/c31-25(29-17-11-19-9-14-26-15-10-19)24(28-16-12-20-4-3-13-27-18-20)23-8-7-21-5-1-2-6-22(21)30-23/h1-10,13-15,18,24,28H,11-12,16-17H2,(H,29,31). The fourth-order valence-electron chi connectivity index (χ4n) is 3.46. The van der Waals surface area contributed by atoms with Crippen molar-refractivity contribution in [2.45, 2.75) is 18.9 Å². The van der Waals surface area contributed by atoms with E-state index >= 15 is 0 Å². The quantitative estimate of drug-likeness (QED) is 0.442. The molecule has 1 aromatic carbocycles. The Balaban J connectivity index is 1.45. The van der Waals surface area contributed by atoms with Crippen LogP contribution in [0.1, 0.15) is 22.9 Å². The summed E-state index contributed by atoms with van der Waals surface area (Å²) in [7, 11) is 0. The minimum Gasteiger partial charge on any atom is -0.354 e. The highest BCUT2D eigenvalue weighted by atomic mass is 16.2. The summed E-state index contributed by atoms with van der Waals surface area (Å²) < 4.78 is 0. The van der Waals surface area contributed by atoms with Crippen LogP contribution in [0.15, 0.2) is 85.5 Å². The monoisotopic (exact) mass is 411 g/mol. The van der Waals surface area contributed by atoms with Gasteiger partial charge in [-0.25, -0.2) is 0 Å². The van der Waals surface area contributed by atoms with Crippen molar-refractivity contribution >= 4 is 16.8 Å². The van der Waals surface area contributed by atoms with E-state index in [9.17, 15) is 4.79 Å². The van der Waals surface area contributed by atoms with E-state index in [-0.39, 0.29) is 5.91 Å². The van der Waals surface area contributed by atoms with Crippen molar-refractivity contribution < 1.29 is 4.79 Å². The first-order chi connectivity index (χ1) is 15.3. The molecule has 2 N–H and O–H groups in total. The van der Waals surface area contributed by atoms with E-state index in [1.54, 1.807) is 18.6 Å². The number of hydrogen-bond acceptors (Lipinski definition) is 5. The molecule has 6 heteroatoms. The van der Waals surface area contributed by atoms with Crippen molar-refractivity contribution in [1.29, 1.82) is 0 Å². The van der Waals surface area contributed by atoms with Crippen LogP contribution in [0.25, 0.3) is 10.9 Å². The number of nitrogens with zero attached hydrogens (tertiary/aromatic N) is 3. The fourth-order valence-corrected chi connectivity index (χ4v) is 3.46. The summed E-state index contributed by atoms with van der Waals surface area (Å²) in [5.74, 6) is -0.0805. The zero-order valence-corrected chi connectivity index (χ0v) is 17.2. The Hall–Kier alpha value is -3.64. The third-order valence-electron chi connectivity index (χ3n) is 5.13. The van der Waals surface area contributed by atoms with Crippen LogP contribution < -0.4 is 10.6 Å². The molecule has 4 aromatic rings. The molecule has 3 aromatic heterocycles. The van der Waals surface area contributed by atoms with Gasteiger partial charge in [-0.1, -0.05) is 30.3 Å². The van der Waals surface area contributed by atoms with Crippen LogP contribution in [-0.2, 0) is 17.6 Å². The topological polar surface area (TPSA) is 79.8 Å². The van der Waals surface area contributed by atoms with Crippen molar-refractivity contribution in [1.82, 2.24) is 25.6 Å². The molecule has 1 amide bonds. The molecule has 0 fully saturated rings. The molecule has 156 valence electrons. The third kappa shape index (κ3) is 5.71. The Morgan fingerprint density at radius 3 is 2.48 bits per heavy atom. The van der Waals surface area contributed by atoms with Gasteiger partial charge in [0, 0.05) is 43.3 Å². The van der Waals surface area contributed by atoms with E-state index in [1.165, 1.54) is 0 Å². The van der Waals surface area contributed by atoms with Crippen molar-refractivity contribution in [3.05, 3.63) is 102 Å². The first kappa shape index (κ1) is 20.6. The van der Waals surface area contributed by atoms with Crippen molar-refractivity contribution in [3.63, 3.8) is 0 Å². The lowest BCUT2D eigenvalue weighted by atomic mass is 10.1. The highest BCUT2D eigenvalue weighted by molar-refractivity contribution is 5.84. The van der Waals surface area contributed by atoms with Gasteiger partial charge in [-0.3, -0.25) is 19.7 Å². The summed E-state index contributed by atoms with van der Waals surface area (Å²) in [5, 5.41) is 7.49. The average Bonchev–Trinajstić information content (AvgIpc) is 2.83. The maximum Gasteiger partial charge on any atom is 0.243 e. The molecule has 1 atom stereocenters. The molecule has 0 aliphatic rings. The normalized spacial score (nSPS) is 11.9. The van der Waals surface area contributed by atoms with E-state index in [4.69, 9.17) is 4.98 Å². The molecular formula is C25H25N5O. The highest BCUT2D eigenvalue weighted by Gasteiger charge is 2.21. The zero-order chi connectivity index (χ0) is 21.3. The maximum absolute atomic E-state index is 13.1. The lowest BCUT2D eigenvalue weighted by Gasteiger charge is -2.19. The molecule has 0 aliphatic carbocycles. The van der Waals surface area contributed by atoms with Gasteiger partial charge in [-0.15, -0.1) is 0 Å². The van der Waals surface area contributed by atoms with Gasteiger partial charge in [0.15, 0.2) is 0 Å². The Bertz CT molecular complexity index is 1120. The van der Waals surface area contributed by atoms with Crippen LogP contribution in [0, 0.1) is 0 Å². The molecule has 0 bridgehead atoms. The second-order valence-electron chi connectivity index (χ2n) is 7.32. The van der Waals surface area contributed by atoms with Gasteiger partial charge in [0.2, 0.25) is 5.91 Å². The minimum atomic E-state index is -0.529. The predicted molar refractivity (Wildman–Crippen MR) is 121 cm³/mol. The molecule has 6 nitrogen and oxygen atoms in total. The van der Waals surface area contributed by atoms with Crippen LogP contribution >= 0.6 is 0 Å². The minimum absolute atomic E-state index is 0.0805. The van der Waals surface area contributed by atoms with E-state index in [2.05, 4.69) is 20.6 Å². The van der Waals surface area contributed by atoms with Gasteiger partial charge < -0.3 is 10.6 Å². The number of fused-ring (bicyclic) bond motifs is 1. The molecule has 0 aliphatic heterocycles. The molecular weight excluding hydrogens is 386 g/mol. The van der Waals surface area contributed by atoms with Crippen LogP contribution in [0.5, 0.6) is 0 Å². The average molecular weight is 412 g/mol. The molecule has 0 saturated heterocycles. The molecule has 0 radical (unpaired) electrons. The number of carbonyl (C=O) groups excluding carboxylic acids is 1. The number of carbonyl (C=O) groups is 1. The lowest BCUT2D eigenvalue weighted by Crippen LogP contribution is -2.39. The summed E-state index contributed by atoms with van der Waals surface area (Å²) in [6, 6.07) is 19.2. The number of amides is 1. The summed E-state index contributed by atoms with van der Waals surface area (Å²) in [4.78, 5) is 26.0. The largest absolute Gasteiger partial charge is 0.354 e. The number of pyridine rings is 3. The van der Waals surface area contributed by atoms with Crippen LogP contribution in [-0.4, -0.2) is 33.9 Å². The molecule has 31 heavy (non-hydrogen) atoms. The lowest BCUT2D eigenvalue weighted by molar-refractivity contribution is -0.123. The molecule has 4 rings (SSSR count). The number of nitrogens with one attached hydrogen (secondary N) is 2. The number of hydrogen-bond donors (Lipinski definition) is 2. The predicted octanol–water partition coefficient (Wildman–Crippen LogP) is 3.26. The smallest absolute Gasteiger partial charge is 0.243 e. The maximum atomic E-state index is 13.1. The van der Waals surface area contributed by atoms with Gasteiger partial charge in [0.05, 0.1) is 11.2 Å². The second-order valence-corrected chi connectivity index (χ2v) is 7.32. The SMILES string of the molecule is O=C(NCCc1ccncc1)C(NCCc1cccnc1)c1ccc2ccccc2n1. The molecule has 3 heterocycles. The second kappa shape index (κ2) is 10.4. The van der Waals surface area contributed by atoms with E-state index in [1.807, 2.05) is 66.9 Å². The van der Waals surface area contributed by atoms with E-state index < -0.39 is 6.04 Å². The van der Waals surface area contributed by atoms with Gasteiger partial charge in [-0.05, 0) is 54.3 Å². The van der Waals surface area contributed by atoms with Crippen LogP contribution in [0.2, 0.25) is 0 Å². The summed E-state index contributed by atoms with van der Waals surface area (Å²) in [6.45, 7) is 1.19. The Kier molecular flexibility index (Phi) is 6.92. The number of benzene rings is 1. The third-order valence-corrected chi connectivity index (χ3v) is 5.13. The zero-order valence-electron chi connectivity index (χ0n) is 17.2. The van der Waals surface area contributed by atoms with Crippen LogP contribution in [0.4, 0.5) is 0 Å². The van der Waals surface area contributed by atoms with Gasteiger partial charge in [0.25, 0.3) is 0 Å². The summed E-state index contributed by atoms with van der Waals surface area (Å²) in [5.41, 5.74) is 3.86. The number of para-hydroxylation sites is 1.